The van der Waals surface area contributed by atoms with Crippen LogP contribution in [-0.2, 0) is 0 Å². The van der Waals surface area contributed by atoms with Crippen molar-refractivity contribution in [3.63, 3.8) is 0 Å². The van der Waals surface area contributed by atoms with Crippen molar-refractivity contribution in [2.75, 3.05) is 39.3 Å². The number of unbranched alkanes of at least 4 members (excludes halogenated alkanes) is 1. The van der Waals surface area contributed by atoms with Crippen molar-refractivity contribution >= 4 is 12.4 Å². The Balaban J connectivity index is 0.00000144. The van der Waals surface area contributed by atoms with E-state index in [1.54, 1.807) is 0 Å². The fraction of sp³-hybridized carbons (Fsp3) is 1.00. The fourth-order valence-corrected chi connectivity index (χ4v) is 3.04. The van der Waals surface area contributed by atoms with Crippen molar-refractivity contribution in [3.05, 3.63) is 0 Å². The number of piperidine rings is 2. The molecule has 0 radical (unpaired) electrons. The van der Waals surface area contributed by atoms with Crippen LogP contribution in [0.3, 0.4) is 0 Å². The molecule has 0 spiro atoms. The van der Waals surface area contributed by atoms with Crippen molar-refractivity contribution in [1.29, 1.82) is 0 Å². The van der Waals surface area contributed by atoms with E-state index in [1.165, 1.54) is 90.6 Å². The molecule has 0 aliphatic carbocycles. The second kappa shape index (κ2) is 9.18. The number of rotatable bonds is 5. The van der Waals surface area contributed by atoms with Crippen LogP contribution in [0.5, 0.6) is 0 Å². The predicted octanol–water partition coefficient (Wildman–Crippen LogP) is 3.16. The van der Waals surface area contributed by atoms with Crippen molar-refractivity contribution < 1.29 is 0 Å². The molecule has 0 aromatic heterocycles. The summed E-state index contributed by atoms with van der Waals surface area (Å²) in [5, 5.41) is 0. The topological polar surface area (TPSA) is 6.48 Å². The maximum atomic E-state index is 2.67. The molecule has 2 nitrogen and oxygen atoms in total. The van der Waals surface area contributed by atoms with Crippen LogP contribution in [0, 0.1) is 0 Å². The maximum Gasteiger partial charge on any atom is -0.00183 e. The molecule has 2 saturated heterocycles. The van der Waals surface area contributed by atoms with Gasteiger partial charge in [0, 0.05) is 0 Å². The maximum absolute atomic E-state index is 2.67. The van der Waals surface area contributed by atoms with Crippen LogP contribution in [-0.4, -0.2) is 49.1 Å². The first kappa shape index (κ1) is 15.3. The molecular weight excluding hydrogens is 232 g/mol. The third-order valence-corrected chi connectivity index (χ3v) is 4.10. The molecule has 0 N–H and O–H groups in total. The van der Waals surface area contributed by atoms with Gasteiger partial charge in [0.25, 0.3) is 0 Å². The molecule has 0 aromatic carbocycles. The van der Waals surface area contributed by atoms with Crippen LogP contribution in [0.25, 0.3) is 0 Å². The monoisotopic (exact) mass is 260 g/mol. The highest BCUT2D eigenvalue weighted by Crippen LogP contribution is 2.11. The Bertz CT molecular complexity index is 155. The quantitative estimate of drug-likeness (QED) is 0.701. The van der Waals surface area contributed by atoms with E-state index in [0.717, 1.165) is 0 Å². The number of halogens is 1. The summed E-state index contributed by atoms with van der Waals surface area (Å²) >= 11 is 0. The van der Waals surface area contributed by atoms with E-state index in [2.05, 4.69) is 9.80 Å². The Morgan fingerprint density at radius 1 is 0.529 bits per heavy atom. The zero-order valence-corrected chi connectivity index (χ0v) is 12.0. The third-order valence-electron chi connectivity index (χ3n) is 4.10. The fourth-order valence-electron chi connectivity index (χ4n) is 3.04. The zero-order valence-electron chi connectivity index (χ0n) is 11.2. The lowest BCUT2D eigenvalue weighted by Crippen LogP contribution is -2.33. The highest BCUT2D eigenvalue weighted by Gasteiger charge is 2.11. The summed E-state index contributed by atoms with van der Waals surface area (Å²) in [6.45, 7) is 8.17. The molecule has 2 aliphatic heterocycles. The van der Waals surface area contributed by atoms with E-state index in [-0.39, 0.29) is 12.4 Å². The molecule has 0 aromatic rings. The number of likely N-dealkylation sites (tertiary alicyclic amines) is 2. The van der Waals surface area contributed by atoms with Gasteiger partial charge in [0.2, 0.25) is 0 Å². The summed E-state index contributed by atoms with van der Waals surface area (Å²) in [5.41, 5.74) is 0. The highest BCUT2D eigenvalue weighted by molar-refractivity contribution is 5.85. The highest BCUT2D eigenvalue weighted by atomic mass is 35.5. The molecule has 0 saturated carbocycles. The first-order valence-corrected chi connectivity index (χ1v) is 7.40. The average Bonchev–Trinajstić information content (AvgIpc) is 2.37. The lowest BCUT2D eigenvalue weighted by Gasteiger charge is -2.28. The minimum atomic E-state index is 0. The summed E-state index contributed by atoms with van der Waals surface area (Å²) < 4.78 is 0. The van der Waals surface area contributed by atoms with Crippen molar-refractivity contribution in [2.45, 2.75) is 51.4 Å². The van der Waals surface area contributed by atoms with Crippen LogP contribution in [0.1, 0.15) is 51.4 Å². The Labute approximate surface area is 113 Å². The van der Waals surface area contributed by atoms with E-state index in [1.807, 2.05) is 0 Å². The van der Waals surface area contributed by atoms with E-state index in [4.69, 9.17) is 0 Å². The summed E-state index contributed by atoms with van der Waals surface area (Å²) in [6.07, 6.45) is 11.5. The summed E-state index contributed by atoms with van der Waals surface area (Å²) in [4.78, 5) is 5.33. The van der Waals surface area contributed by atoms with Gasteiger partial charge in [0.05, 0.1) is 0 Å². The van der Waals surface area contributed by atoms with Crippen molar-refractivity contribution in [3.8, 4) is 0 Å². The first-order valence-electron chi connectivity index (χ1n) is 7.40. The van der Waals surface area contributed by atoms with Gasteiger partial charge in [-0.3, -0.25) is 0 Å². The van der Waals surface area contributed by atoms with E-state index in [0.29, 0.717) is 0 Å². The standard InChI is InChI=1S/C14H28N2.ClH/c1-3-9-15(10-4-1)13-7-8-14-16-11-5-2-6-12-16;/h1-14H2;1H. The Hall–Kier alpha value is 0.210. The molecule has 2 rings (SSSR count). The largest absolute Gasteiger partial charge is 0.303 e. The second-order valence-corrected chi connectivity index (χ2v) is 5.51. The van der Waals surface area contributed by atoms with Crippen molar-refractivity contribution in [2.24, 2.45) is 0 Å². The summed E-state index contributed by atoms with van der Waals surface area (Å²) in [5.74, 6) is 0. The van der Waals surface area contributed by atoms with Crippen LogP contribution in [0.15, 0.2) is 0 Å². The smallest absolute Gasteiger partial charge is 0.00183 e. The molecule has 102 valence electrons. The molecule has 2 heterocycles. The van der Waals surface area contributed by atoms with Crippen LogP contribution in [0.4, 0.5) is 0 Å². The van der Waals surface area contributed by atoms with E-state index < -0.39 is 0 Å². The molecule has 0 atom stereocenters. The van der Waals surface area contributed by atoms with Gasteiger partial charge in [0.1, 0.15) is 0 Å². The van der Waals surface area contributed by atoms with Crippen LogP contribution < -0.4 is 0 Å². The summed E-state index contributed by atoms with van der Waals surface area (Å²) in [6, 6.07) is 0. The Kier molecular flexibility index (Phi) is 8.25. The molecule has 0 amide bonds. The number of hydrogen-bond acceptors (Lipinski definition) is 2. The molecular formula is C14H29ClN2. The Morgan fingerprint density at radius 2 is 0.882 bits per heavy atom. The molecule has 2 fully saturated rings. The predicted molar refractivity (Wildman–Crippen MR) is 77.1 cm³/mol. The minimum absolute atomic E-state index is 0. The van der Waals surface area contributed by atoms with Crippen LogP contribution >= 0.6 is 12.4 Å². The van der Waals surface area contributed by atoms with Gasteiger partial charge < -0.3 is 9.80 Å². The third kappa shape index (κ3) is 6.08. The van der Waals surface area contributed by atoms with Crippen molar-refractivity contribution in [1.82, 2.24) is 9.80 Å². The molecule has 17 heavy (non-hydrogen) atoms. The lowest BCUT2D eigenvalue weighted by molar-refractivity contribution is 0.202. The summed E-state index contributed by atoms with van der Waals surface area (Å²) in [7, 11) is 0. The number of hydrogen-bond donors (Lipinski definition) is 0. The minimum Gasteiger partial charge on any atom is -0.303 e. The lowest BCUT2D eigenvalue weighted by atomic mass is 10.1. The molecule has 3 heteroatoms. The Morgan fingerprint density at radius 3 is 1.24 bits per heavy atom. The second-order valence-electron chi connectivity index (χ2n) is 5.51. The van der Waals surface area contributed by atoms with E-state index in [9.17, 15) is 0 Å². The molecule has 2 aliphatic rings. The molecule has 0 bridgehead atoms. The van der Waals surface area contributed by atoms with Gasteiger partial charge in [-0.2, -0.15) is 0 Å². The van der Waals surface area contributed by atoms with Gasteiger partial charge in [-0.1, -0.05) is 12.8 Å². The molecule has 0 unspecified atom stereocenters. The van der Waals surface area contributed by atoms with Gasteiger partial charge in [-0.05, 0) is 77.8 Å². The van der Waals surface area contributed by atoms with Gasteiger partial charge >= 0.3 is 0 Å². The van der Waals surface area contributed by atoms with Crippen LogP contribution in [0.2, 0.25) is 0 Å². The SMILES string of the molecule is C1CCN(CCCCN2CCCCC2)CC1.Cl. The average molecular weight is 261 g/mol. The van der Waals surface area contributed by atoms with Gasteiger partial charge in [-0.15, -0.1) is 12.4 Å². The van der Waals surface area contributed by atoms with E-state index >= 15 is 0 Å². The zero-order chi connectivity index (χ0) is 11.1. The normalized spacial score (nSPS) is 23.3. The van der Waals surface area contributed by atoms with Gasteiger partial charge in [-0.25, -0.2) is 0 Å². The first-order chi connectivity index (χ1) is 7.95. The number of nitrogens with zero attached hydrogens (tertiary/aromatic N) is 2. The van der Waals surface area contributed by atoms with Gasteiger partial charge in [0.15, 0.2) is 0 Å².